The summed E-state index contributed by atoms with van der Waals surface area (Å²) < 4.78 is 83.5. The zero-order valence-electron chi connectivity index (χ0n) is 16.5. The second-order valence-corrected chi connectivity index (χ2v) is 7.32. The van der Waals surface area contributed by atoms with Gasteiger partial charge in [0.25, 0.3) is 5.91 Å². The Hall–Kier alpha value is -2.82. The number of benzene rings is 1. The number of aromatic nitrogens is 1. The number of carbonyl (C=O) groups excluding carboxylic acids is 1. The van der Waals surface area contributed by atoms with Crippen LogP contribution >= 0.6 is 0 Å². The van der Waals surface area contributed by atoms with Crippen LogP contribution in [-0.4, -0.2) is 36.2 Å². The van der Waals surface area contributed by atoms with Crippen LogP contribution in [0.25, 0.3) is 0 Å². The van der Waals surface area contributed by atoms with Crippen molar-refractivity contribution in [2.45, 2.75) is 38.4 Å². The van der Waals surface area contributed by atoms with E-state index in [9.17, 15) is 31.1 Å². The average Bonchev–Trinajstić information content (AvgIpc) is 2.66. The Labute approximate surface area is 174 Å². The highest BCUT2D eigenvalue weighted by Crippen LogP contribution is 2.36. The summed E-state index contributed by atoms with van der Waals surface area (Å²) in [4.78, 5) is 18.6. The summed E-state index contributed by atoms with van der Waals surface area (Å²) >= 11 is 0. The molecule has 1 fully saturated rings. The summed E-state index contributed by atoms with van der Waals surface area (Å²) in [5.41, 5.74) is -3.75. The van der Waals surface area contributed by atoms with Crippen molar-refractivity contribution in [3.8, 4) is 0 Å². The minimum atomic E-state index is -5.04. The van der Waals surface area contributed by atoms with Gasteiger partial charge in [0.05, 0.1) is 35.2 Å². The molecule has 1 saturated heterocycles. The van der Waals surface area contributed by atoms with Crippen LogP contribution in [0.3, 0.4) is 0 Å². The number of nitrogens with zero attached hydrogens (tertiary/aromatic N) is 2. The highest BCUT2D eigenvalue weighted by molar-refractivity contribution is 6.04. The molecule has 0 bridgehead atoms. The number of halogens is 6. The van der Waals surface area contributed by atoms with Crippen LogP contribution in [0.1, 0.15) is 35.3 Å². The van der Waals surface area contributed by atoms with Crippen LogP contribution in [0.5, 0.6) is 0 Å². The predicted molar refractivity (Wildman–Crippen MR) is 101 cm³/mol. The second kappa shape index (κ2) is 8.37. The number of morpholine rings is 1. The third-order valence-corrected chi connectivity index (χ3v) is 4.60. The van der Waals surface area contributed by atoms with Crippen LogP contribution in [-0.2, 0) is 17.1 Å². The third-order valence-electron chi connectivity index (χ3n) is 4.60. The topological polar surface area (TPSA) is 54.5 Å². The highest BCUT2D eigenvalue weighted by atomic mass is 19.4. The molecule has 168 valence electrons. The largest absolute Gasteiger partial charge is 0.416 e. The Morgan fingerprint density at radius 1 is 1.00 bits per heavy atom. The van der Waals surface area contributed by atoms with E-state index in [1.807, 2.05) is 18.7 Å². The lowest BCUT2D eigenvalue weighted by atomic mass is 10.0. The molecule has 0 spiro atoms. The first-order chi connectivity index (χ1) is 14.3. The molecule has 1 aromatic heterocycles. The van der Waals surface area contributed by atoms with Gasteiger partial charge in [0.2, 0.25) is 0 Å². The van der Waals surface area contributed by atoms with Gasteiger partial charge in [-0.05, 0) is 44.2 Å². The summed E-state index contributed by atoms with van der Waals surface area (Å²) in [7, 11) is 0. The van der Waals surface area contributed by atoms with Crippen molar-refractivity contribution in [1.82, 2.24) is 4.98 Å². The van der Waals surface area contributed by atoms with E-state index in [4.69, 9.17) is 4.74 Å². The molecule has 3 rings (SSSR count). The maximum absolute atomic E-state index is 13.0. The lowest BCUT2D eigenvalue weighted by molar-refractivity contribution is -0.143. The summed E-state index contributed by atoms with van der Waals surface area (Å²) in [6, 6.07) is 3.81. The maximum atomic E-state index is 13.0. The zero-order chi connectivity index (χ0) is 23.0. The van der Waals surface area contributed by atoms with Gasteiger partial charge in [0.15, 0.2) is 0 Å². The van der Waals surface area contributed by atoms with Crippen LogP contribution in [0.4, 0.5) is 37.8 Å². The summed E-state index contributed by atoms with van der Waals surface area (Å²) in [6.07, 6.45) is -8.80. The lowest BCUT2D eigenvalue weighted by Gasteiger charge is -2.36. The Bertz CT molecular complexity index is 901. The maximum Gasteiger partial charge on any atom is 0.416 e. The van der Waals surface area contributed by atoms with Gasteiger partial charge in [-0.25, -0.2) is 4.98 Å². The Morgan fingerprint density at radius 2 is 1.55 bits per heavy atom. The number of amides is 1. The molecule has 1 N–H and O–H groups in total. The Kier molecular flexibility index (Phi) is 6.17. The third kappa shape index (κ3) is 5.66. The molecule has 1 aromatic carbocycles. The SMILES string of the molecule is C[C@@H]1CN(c2ccc(NC(=O)c3cc(C(F)(F)F)cc(C(F)(F)F)c3)cn2)C[C@@H](C)O1. The van der Waals surface area contributed by atoms with Gasteiger partial charge in [-0.15, -0.1) is 0 Å². The van der Waals surface area contributed by atoms with Crippen molar-refractivity contribution >= 4 is 17.4 Å². The van der Waals surface area contributed by atoms with Gasteiger partial charge in [-0.1, -0.05) is 0 Å². The van der Waals surface area contributed by atoms with E-state index < -0.39 is 35.0 Å². The van der Waals surface area contributed by atoms with Crippen molar-refractivity contribution in [3.05, 3.63) is 53.2 Å². The second-order valence-electron chi connectivity index (χ2n) is 7.32. The molecule has 1 aliphatic rings. The zero-order valence-corrected chi connectivity index (χ0v) is 16.5. The quantitative estimate of drug-likeness (QED) is 0.674. The number of pyridine rings is 1. The number of anilines is 2. The first kappa shape index (κ1) is 22.9. The molecule has 2 heterocycles. The fourth-order valence-corrected chi connectivity index (χ4v) is 3.30. The minimum absolute atomic E-state index is 0.00586. The van der Waals surface area contributed by atoms with Gasteiger partial charge in [-0.2, -0.15) is 26.3 Å². The molecule has 11 heteroatoms. The first-order valence-corrected chi connectivity index (χ1v) is 9.30. The molecule has 1 amide bonds. The molecule has 2 atom stereocenters. The highest BCUT2D eigenvalue weighted by Gasteiger charge is 2.37. The molecule has 31 heavy (non-hydrogen) atoms. The number of carbonyl (C=O) groups is 1. The summed E-state index contributed by atoms with van der Waals surface area (Å²) in [5, 5.41) is 2.28. The van der Waals surface area contributed by atoms with Gasteiger partial charge in [0, 0.05) is 18.7 Å². The standard InChI is InChI=1S/C20H19F6N3O2/c1-11-9-29(10-12(2)31-11)17-4-3-16(8-27-17)28-18(30)13-5-14(19(21,22)23)7-15(6-13)20(24,25)26/h3-8,11-12H,9-10H2,1-2H3,(H,28,30)/t11-,12-/m1/s1. The van der Waals surface area contributed by atoms with Gasteiger partial charge in [0.1, 0.15) is 5.82 Å². The molecule has 0 radical (unpaired) electrons. The minimum Gasteiger partial charge on any atom is -0.372 e. The number of alkyl halides is 6. The number of hydrogen-bond donors (Lipinski definition) is 1. The Balaban J connectivity index is 1.80. The molecule has 0 aliphatic carbocycles. The van der Waals surface area contributed by atoms with E-state index in [1.165, 1.54) is 12.3 Å². The van der Waals surface area contributed by atoms with E-state index in [0.717, 1.165) is 0 Å². The summed E-state index contributed by atoms with van der Waals surface area (Å²) in [6.45, 7) is 5.05. The van der Waals surface area contributed by atoms with Crippen molar-refractivity contribution in [2.75, 3.05) is 23.3 Å². The monoisotopic (exact) mass is 447 g/mol. The Morgan fingerprint density at radius 3 is 2.00 bits per heavy atom. The molecule has 2 aromatic rings. The van der Waals surface area contributed by atoms with Crippen LogP contribution in [0.2, 0.25) is 0 Å². The average molecular weight is 447 g/mol. The van der Waals surface area contributed by atoms with Gasteiger partial charge in [-0.3, -0.25) is 4.79 Å². The number of ether oxygens (including phenoxy) is 1. The predicted octanol–water partition coefficient (Wildman–Crippen LogP) is 4.99. The van der Waals surface area contributed by atoms with E-state index in [1.54, 1.807) is 6.07 Å². The molecular weight excluding hydrogens is 428 g/mol. The number of hydrogen-bond acceptors (Lipinski definition) is 4. The fourth-order valence-electron chi connectivity index (χ4n) is 3.30. The van der Waals surface area contributed by atoms with Crippen molar-refractivity contribution in [3.63, 3.8) is 0 Å². The molecular formula is C20H19F6N3O2. The normalized spacial score (nSPS) is 19.9. The van der Waals surface area contributed by atoms with E-state index in [-0.39, 0.29) is 24.0 Å². The number of nitrogens with one attached hydrogen (secondary N) is 1. The van der Waals surface area contributed by atoms with E-state index >= 15 is 0 Å². The fraction of sp³-hybridized carbons (Fsp3) is 0.400. The van der Waals surface area contributed by atoms with Crippen molar-refractivity contribution < 1.29 is 35.9 Å². The lowest BCUT2D eigenvalue weighted by Crippen LogP contribution is -2.45. The van der Waals surface area contributed by atoms with E-state index in [0.29, 0.717) is 31.0 Å². The summed E-state index contributed by atoms with van der Waals surface area (Å²) in [5.74, 6) is -0.502. The van der Waals surface area contributed by atoms with Crippen LogP contribution in [0, 0.1) is 0 Å². The van der Waals surface area contributed by atoms with Crippen molar-refractivity contribution in [1.29, 1.82) is 0 Å². The van der Waals surface area contributed by atoms with E-state index in [2.05, 4.69) is 10.3 Å². The number of rotatable bonds is 3. The smallest absolute Gasteiger partial charge is 0.372 e. The first-order valence-electron chi connectivity index (χ1n) is 9.30. The van der Waals surface area contributed by atoms with Gasteiger partial charge < -0.3 is 15.0 Å². The molecule has 5 nitrogen and oxygen atoms in total. The van der Waals surface area contributed by atoms with Crippen LogP contribution < -0.4 is 10.2 Å². The van der Waals surface area contributed by atoms with Gasteiger partial charge >= 0.3 is 12.4 Å². The molecule has 1 aliphatic heterocycles. The molecule has 0 unspecified atom stereocenters. The van der Waals surface area contributed by atoms with Crippen molar-refractivity contribution in [2.24, 2.45) is 0 Å². The molecule has 0 saturated carbocycles. The van der Waals surface area contributed by atoms with Crippen LogP contribution in [0.15, 0.2) is 36.5 Å².